The van der Waals surface area contributed by atoms with Crippen LogP contribution in [0.15, 0.2) is 6.07 Å². The quantitative estimate of drug-likeness (QED) is 0.484. The highest BCUT2D eigenvalue weighted by Crippen LogP contribution is 2.35. The van der Waals surface area contributed by atoms with Gasteiger partial charge in [-0.15, -0.1) is 13.2 Å². The molecule has 11 heteroatoms. The third-order valence-electron chi connectivity index (χ3n) is 1.95. The largest absolute Gasteiger partial charge is 0.573 e. The summed E-state index contributed by atoms with van der Waals surface area (Å²) in [6, 6.07) is 1.81. The SMILES string of the molecule is N#CCc1cc(OC(F)(F)F)c(C(F)F)nc1[N+](=O)[O-]. The van der Waals surface area contributed by atoms with Crippen LogP contribution in [0.4, 0.5) is 27.8 Å². The Balaban J connectivity index is 3.45. The summed E-state index contributed by atoms with van der Waals surface area (Å²) >= 11 is 0. The molecule has 0 atom stereocenters. The highest BCUT2D eigenvalue weighted by atomic mass is 19.4. The first-order valence-electron chi connectivity index (χ1n) is 4.74. The van der Waals surface area contributed by atoms with Crippen LogP contribution in [0.3, 0.4) is 0 Å². The summed E-state index contributed by atoms with van der Waals surface area (Å²) in [6.45, 7) is 0. The average Bonchev–Trinajstić information content (AvgIpc) is 2.26. The van der Waals surface area contributed by atoms with Crippen molar-refractivity contribution in [2.24, 2.45) is 0 Å². The van der Waals surface area contributed by atoms with E-state index in [1.807, 2.05) is 0 Å². The molecule has 0 aromatic carbocycles. The van der Waals surface area contributed by atoms with Crippen molar-refractivity contribution in [1.82, 2.24) is 4.98 Å². The summed E-state index contributed by atoms with van der Waals surface area (Å²) in [5.74, 6) is -2.49. The van der Waals surface area contributed by atoms with Gasteiger partial charge in [-0.2, -0.15) is 5.26 Å². The Hall–Kier alpha value is -2.51. The highest BCUT2D eigenvalue weighted by molar-refractivity contribution is 5.44. The van der Waals surface area contributed by atoms with Crippen molar-refractivity contribution in [2.75, 3.05) is 0 Å². The molecule has 20 heavy (non-hydrogen) atoms. The molecule has 0 fully saturated rings. The lowest BCUT2D eigenvalue weighted by Crippen LogP contribution is -2.19. The number of hydrogen-bond acceptors (Lipinski definition) is 5. The molecule has 0 aliphatic heterocycles. The zero-order valence-corrected chi connectivity index (χ0v) is 9.32. The molecule has 1 aromatic rings. The maximum atomic E-state index is 12.6. The van der Waals surface area contributed by atoms with Gasteiger partial charge in [-0.05, 0) is 16.0 Å². The number of alkyl halides is 5. The van der Waals surface area contributed by atoms with E-state index < -0.39 is 47.0 Å². The van der Waals surface area contributed by atoms with Crippen LogP contribution in [0.5, 0.6) is 5.75 Å². The smallest absolute Gasteiger partial charge is 0.401 e. The molecule has 0 radical (unpaired) electrons. The lowest BCUT2D eigenvalue weighted by molar-refractivity contribution is -0.390. The number of pyridine rings is 1. The molecule has 0 spiro atoms. The van der Waals surface area contributed by atoms with E-state index >= 15 is 0 Å². The molecule has 0 N–H and O–H groups in total. The Morgan fingerprint density at radius 2 is 2.10 bits per heavy atom. The Kier molecular flexibility index (Phi) is 4.38. The molecule has 0 amide bonds. The van der Waals surface area contributed by atoms with Crippen molar-refractivity contribution >= 4 is 5.82 Å². The van der Waals surface area contributed by atoms with Crippen LogP contribution in [-0.4, -0.2) is 16.3 Å². The summed E-state index contributed by atoms with van der Waals surface area (Å²) in [7, 11) is 0. The van der Waals surface area contributed by atoms with E-state index in [0.29, 0.717) is 6.07 Å². The van der Waals surface area contributed by atoms with E-state index in [2.05, 4.69) is 9.72 Å². The number of nitriles is 1. The van der Waals surface area contributed by atoms with Crippen molar-refractivity contribution in [3.05, 3.63) is 27.4 Å². The lowest BCUT2D eigenvalue weighted by Gasteiger charge is -2.11. The van der Waals surface area contributed by atoms with Crippen molar-refractivity contribution < 1.29 is 31.6 Å². The zero-order valence-electron chi connectivity index (χ0n) is 9.32. The fourth-order valence-corrected chi connectivity index (χ4v) is 1.27. The van der Waals surface area contributed by atoms with Crippen molar-refractivity contribution in [1.29, 1.82) is 5.26 Å². The van der Waals surface area contributed by atoms with E-state index in [4.69, 9.17) is 5.26 Å². The van der Waals surface area contributed by atoms with Crippen LogP contribution < -0.4 is 4.74 Å². The number of aromatic nitrogens is 1. The van der Waals surface area contributed by atoms with Crippen molar-refractivity contribution in [2.45, 2.75) is 19.2 Å². The van der Waals surface area contributed by atoms with Gasteiger partial charge in [-0.25, -0.2) is 8.78 Å². The number of rotatable bonds is 4. The highest BCUT2D eigenvalue weighted by Gasteiger charge is 2.37. The van der Waals surface area contributed by atoms with E-state index in [1.54, 1.807) is 0 Å². The lowest BCUT2D eigenvalue weighted by atomic mass is 10.1. The maximum Gasteiger partial charge on any atom is 0.573 e. The summed E-state index contributed by atoms with van der Waals surface area (Å²) in [5, 5.41) is 19.0. The Morgan fingerprint density at radius 1 is 1.50 bits per heavy atom. The summed E-state index contributed by atoms with van der Waals surface area (Å²) in [4.78, 5) is 12.3. The number of halogens is 5. The number of hydrogen-bond donors (Lipinski definition) is 0. The van der Waals surface area contributed by atoms with Crippen molar-refractivity contribution in [3.8, 4) is 11.8 Å². The molecule has 1 heterocycles. The number of nitro groups is 1. The third kappa shape index (κ3) is 3.74. The topological polar surface area (TPSA) is 89.0 Å². The molecule has 1 rings (SSSR count). The number of ether oxygens (including phenoxy) is 1. The van der Waals surface area contributed by atoms with Gasteiger partial charge in [0.1, 0.15) is 0 Å². The second kappa shape index (κ2) is 5.64. The minimum atomic E-state index is -5.27. The molecular weight excluding hydrogens is 293 g/mol. The molecule has 0 saturated heterocycles. The van der Waals surface area contributed by atoms with E-state index in [9.17, 15) is 32.1 Å². The minimum absolute atomic E-state index is 0.364. The van der Waals surface area contributed by atoms with Crippen molar-refractivity contribution in [3.63, 3.8) is 0 Å². The first-order valence-corrected chi connectivity index (χ1v) is 4.74. The van der Waals surface area contributed by atoms with Crippen LogP contribution >= 0.6 is 0 Å². The van der Waals surface area contributed by atoms with Gasteiger partial charge in [0.15, 0.2) is 5.75 Å². The summed E-state index contributed by atoms with van der Waals surface area (Å²) in [6.07, 6.45) is -9.46. The molecule has 6 nitrogen and oxygen atoms in total. The molecule has 0 aliphatic carbocycles. The van der Waals surface area contributed by atoms with E-state index in [-0.39, 0.29) is 0 Å². The fourth-order valence-electron chi connectivity index (χ4n) is 1.27. The molecule has 0 aliphatic rings. The standard InChI is InChI=1S/C9H4F5N3O3/c10-7(11)6-5(20-9(12,13)14)3-4(1-2-15)8(16-6)17(18)19/h3,7H,1H2. The van der Waals surface area contributed by atoms with Crippen LogP contribution in [-0.2, 0) is 6.42 Å². The van der Waals surface area contributed by atoms with Crippen LogP contribution in [0.1, 0.15) is 17.7 Å². The maximum absolute atomic E-state index is 12.6. The van der Waals surface area contributed by atoms with Gasteiger partial charge >= 0.3 is 18.6 Å². The first-order chi connectivity index (χ1) is 9.15. The second-order valence-electron chi connectivity index (χ2n) is 3.29. The molecule has 0 bridgehead atoms. The second-order valence-corrected chi connectivity index (χ2v) is 3.29. The van der Waals surface area contributed by atoms with E-state index in [0.717, 1.165) is 0 Å². The molecular formula is C9H4F5N3O3. The predicted octanol–water partition coefficient (Wildman–Crippen LogP) is 2.89. The Labute approximate surface area is 107 Å². The third-order valence-corrected chi connectivity index (χ3v) is 1.95. The van der Waals surface area contributed by atoms with Gasteiger partial charge in [-0.3, -0.25) is 0 Å². The van der Waals surface area contributed by atoms with Gasteiger partial charge in [0.2, 0.25) is 0 Å². The summed E-state index contributed by atoms with van der Waals surface area (Å²) in [5.41, 5.74) is -2.07. The normalized spacial score (nSPS) is 11.2. The Bertz CT molecular complexity index is 567. The molecule has 0 saturated carbocycles. The van der Waals surface area contributed by atoms with Gasteiger partial charge in [0.05, 0.1) is 18.1 Å². The van der Waals surface area contributed by atoms with Gasteiger partial charge in [0, 0.05) is 0 Å². The fraction of sp³-hybridized carbons (Fsp3) is 0.333. The molecule has 0 unspecified atom stereocenters. The zero-order chi connectivity index (χ0) is 15.5. The number of nitrogens with zero attached hydrogens (tertiary/aromatic N) is 3. The predicted molar refractivity (Wildman–Crippen MR) is 51.8 cm³/mol. The van der Waals surface area contributed by atoms with Crippen LogP contribution in [0, 0.1) is 21.4 Å². The Morgan fingerprint density at radius 3 is 2.50 bits per heavy atom. The minimum Gasteiger partial charge on any atom is -0.401 e. The van der Waals surface area contributed by atoms with Gasteiger partial charge in [0.25, 0.3) is 5.69 Å². The van der Waals surface area contributed by atoms with E-state index in [1.165, 1.54) is 6.07 Å². The van der Waals surface area contributed by atoms with Crippen LogP contribution in [0.25, 0.3) is 0 Å². The summed E-state index contributed by atoms with van der Waals surface area (Å²) < 4.78 is 64.7. The van der Waals surface area contributed by atoms with Crippen LogP contribution in [0.2, 0.25) is 0 Å². The monoisotopic (exact) mass is 297 g/mol. The van der Waals surface area contributed by atoms with Gasteiger partial charge in [-0.1, -0.05) is 0 Å². The van der Waals surface area contributed by atoms with Gasteiger partial charge < -0.3 is 14.9 Å². The molecule has 108 valence electrons. The average molecular weight is 297 g/mol. The first kappa shape index (κ1) is 15.5. The molecule has 1 aromatic heterocycles.